The minimum Gasteiger partial charge on any atom is -0.469 e. The maximum atomic E-state index is 12.0. The number of ether oxygens (including phenoxy) is 1. The van der Waals surface area contributed by atoms with Crippen LogP contribution in [-0.4, -0.2) is 42.5 Å². The molecule has 1 saturated heterocycles. The fourth-order valence-electron chi connectivity index (χ4n) is 2.33. The van der Waals surface area contributed by atoms with Crippen LogP contribution in [-0.2, 0) is 16.0 Å². The number of hydrogen-bond acceptors (Lipinski definition) is 3. The van der Waals surface area contributed by atoms with Crippen molar-refractivity contribution in [3.8, 4) is 0 Å². The molecule has 0 bridgehead atoms. The summed E-state index contributed by atoms with van der Waals surface area (Å²) in [4.78, 5) is 14.0. The standard InChI is InChI=1S/C14H20ClNO3/c15-7-11-19-13-5-8-16(9-6-13)14(17)4-3-12-2-1-10-18-12/h1-2,10,13H,3-9,11H2. The Morgan fingerprint density at radius 1 is 1.47 bits per heavy atom. The van der Waals surface area contributed by atoms with Crippen LogP contribution in [0.5, 0.6) is 0 Å². The monoisotopic (exact) mass is 285 g/mol. The average molecular weight is 286 g/mol. The van der Waals surface area contributed by atoms with Crippen molar-refractivity contribution in [2.75, 3.05) is 25.6 Å². The molecule has 0 N–H and O–H groups in total. The molecule has 19 heavy (non-hydrogen) atoms. The zero-order valence-electron chi connectivity index (χ0n) is 11.0. The Morgan fingerprint density at radius 2 is 2.26 bits per heavy atom. The summed E-state index contributed by atoms with van der Waals surface area (Å²) < 4.78 is 10.8. The molecule has 4 nitrogen and oxygen atoms in total. The molecular weight excluding hydrogens is 266 g/mol. The van der Waals surface area contributed by atoms with E-state index in [-0.39, 0.29) is 12.0 Å². The number of carbonyl (C=O) groups excluding carboxylic acids is 1. The van der Waals surface area contributed by atoms with Gasteiger partial charge in [-0.3, -0.25) is 4.79 Å². The SMILES string of the molecule is O=C(CCc1ccco1)N1CCC(OCCCl)CC1. The Labute approximate surface area is 118 Å². The first-order chi connectivity index (χ1) is 9.29. The normalized spacial score (nSPS) is 16.8. The molecule has 0 spiro atoms. The number of likely N-dealkylation sites (tertiary alicyclic amines) is 1. The fourth-order valence-corrected chi connectivity index (χ4v) is 2.42. The van der Waals surface area contributed by atoms with E-state index in [4.69, 9.17) is 20.8 Å². The smallest absolute Gasteiger partial charge is 0.223 e. The van der Waals surface area contributed by atoms with Gasteiger partial charge in [0.2, 0.25) is 5.91 Å². The van der Waals surface area contributed by atoms with Gasteiger partial charge < -0.3 is 14.1 Å². The van der Waals surface area contributed by atoms with Crippen molar-refractivity contribution in [1.29, 1.82) is 0 Å². The number of amides is 1. The molecule has 1 aromatic rings. The molecular formula is C14H20ClNO3. The van der Waals surface area contributed by atoms with Crippen LogP contribution in [0.25, 0.3) is 0 Å². The van der Waals surface area contributed by atoms with Crippen molar-refractivity contribution in [1.82, 2.24) is 4.90 Å². The van der Waals surface area contributed by atoms with Crippen LogP contribution >= 0.6 is 11.6 Å². The third-order valence-electron chi connectivity index (χ3n) is 3.39. The second kappa shape index (κ2) is 7.56. The molecule has 2 rings (SSSR count). The van der Waals surface area contributed by atoms with Gasteiger partial charge in [-0.2, -0.15) is 0 Å². The lowest BCUT2D eigenvalue weighted by molar-refractivity contribution is -0.133. The zero-order chi connectivity index (χ0) is 13.5. The molecule has 1 amide bonds. The highest BCUT2D eigenvalue weighted by molar-refractivity contribution is 6.17. The second-order valence-corrected chi connectivity index (χ2v) is 5.10. The predicted molar refractivity (Wildman–Crippen MR) is 73.3 cm³/mol. The van der Waals surface area contributed by atoms with Crippen LogP contribution in [0.1, 0.15) is 25.0 Å². The van der Waals surface area contributed by atoms with Crippen LogP contribution in [0, 0.1) is 0 Å². The molecule has 1 aliphatic rings. The van der Waals surface area contributed by atoms with Crippen molar-refractivity contribution in [3.05, 3.63) is 24.2 Å². The lowest BCUT2D eigenvalue weighted by atomic mass is 10.1. The zero-order valence-corrected chi connectivity index (χ0v) is 11.8. The summed E-state index contributed by atoms with van der Waals surface area (Å²) in [6.07, 6.45) is 4.90. The van der Waals surface area contributed by atoms with Gasteiger partial charge in [-0.25, -0.2) is 0 Å². The van der Waals surface area contributed by atoms with E-state index in [2.05, 4.69) is 0 Å². The van der Waals surface area contributed by atoms with E-state index in [0.717, 1.165) is 31.7 Å². The molecule has 5 heteroatoms. The number of piperidine rings is 1. The Balaban J connectivity index is 1.67. The van der Waals surface area contributed by atoms with E-state index >= 15 is 0 Å². The summed E-state index contributed by atoms with van der Waals surface area (Å²) in [5.74, 6) is 1.60. The highest BCUT2D eigenvalue weighted by atomic mass is 35.5. The van der Waals surface area contributed by atoms with E-state index in [1.54, 1.807) is 6.26 Å². The molecule has 2 heterocycles. The topological polar surface area (TPSA) is 42.7 Å². The first-order valence-corrected chi connectivity index (χ1v) is 7.31. The molecule has 1 fully saturated rings. The summed E-state index contributed by atoms with van der Waals surface area (Å²) in [6, 6.07) is 3.75. The highest BCUT2D eigenvalue weighted by Gasteiger charge is 2.22. The van der Waals surface area contributed by atoms with Gasteiger partial charge >= 0.3 is 0 Å². The summed E-state index contributed by atoms with van der Waals surface area (Å²) >= 11 is 5.59. The van der Waals surface area contributed by atoms with E-state index in [1.807, 2.05) is 17.0 Å². The fraction of sp³-hybridized carbons (Fsp3) is 0.643. The van der Waals surface area contributed by atoms with Gasteiger partial charge in [0.15, 0.2) is 0 Å². The summed E-state index contributed by atoms with van der Waals surface area (Å²) in [7, 11) is 0. The summed E-state index contributed by atoms with van der Waals surface area (Å²) in [5.41, 5.74) is 0. The molecule has 0 radical (unpaired) electrons. The van der Waals surface area contributed by atoms with Gasteiger partial charge in [0.25, 0.3) is 0 Å². The molecule has 0 saturated carbocycles. The molecule has 1 aromatic heterocycles. The van der Waals surface area contributed by atoms with E-state index < -0.39 is 0 Å². The third kappa shape index (κ3) is 4.55. The predicted octanol–water partition coefficient (Wildman–Crippen LogP) is 2.46. The largest absolute Gasteiger partial charge is 0.469 e. The van der Waals surface area contributed by atoms with Crippen LogP contribution in [0.15, 0.2) is 22.8 Å². The van der Waals surface area contributed by atoms with Crippen LogP contribution in [0.2, 0.25) is 0 Å². The van der Waals surface area contributed by atoms with Crippen molar-refractivity contribution >= 4 is 17.5 Å². The van der Waals surface area contributed by atoms with Crippen LogP contribution in [0.4, 0.5) is 0 Å². The quantitative estimate of drug-likeness (QED) is 0.754. The van der Waals surface area contributed by atoms with Crippen LogP contribution < -0.4 is 0 Å². The highest BCUT2D eigenvalue weighted by Crippen LogP contribution is 2.15. The Kier molecular flexibility index (Phi) is 5.73. The number of hydrogen-bond donors (Lipinski definition) is 0. The molecule has 0 aliphatic carbocycles. The number of aryl methyl sites for hydroxylation is 1. The maximum absolute atomic E-state index is 12.0. The molecule has 0 unspecified atom stereocenters. The average Bonchev–Trinajstić information content (AvgIpc) is 2.96. The molecule has 1 aliphatic heterocycles. The van der Waals surface area contributed by atoms with E-state index in [9.17, 15) is 4.79 Å². The van der Waals surface area contributed by atoms with E-state index in [0.29, 0.717) is 25.3 Å². The molecule has 106 valence electrons. The Bertz CT molecular complexity index is 372. The summed E-state index contributed by atoms with van der Waals surface area (Å²) in [6.45, 7) is 2.16. The minimum atomic E-state index is 0.201. The Morgan fingerprint density at radius 3 is 2.89 bits per heavy atom. The molecule has 0 aromatic carbocycles. The lowest BCUT2D eigenvalue weighted by Gasteiger charge is -2.31. The van der Waals surface area contributed by atoms with Crippen molar-refractivity contribution in [2.24, 2.45) is 0 Å². The van der Waals surface area contributed by atoms with Gasteiger partial charge in [-0.1, -0.05) is 0 Å². The number of alkyl halides is 1. The minimum absolute atomic E-state index is 0.201. The first-order valence-electron chi connectivity index (χ1n) is 6.77. The lowest BCUT2D eigenvalue weighted by Crippen LogP contribution is -2.41. The number of rotatable bonds is 6. The Hall–Kier alpha value is -1.00. The molecule has 0 atom stereocenters. The van der Waals surface area contributed by atoms with E-state index in [1.165, 1.54) is 0 Å². The number of carbonyl (C=O) groups is 1. The number of halogens is 1. The summed E-state index contributed by atoms with van der Waals surface area (Å²) in [5, 5.41) is 0. The van der Waals surface area contributed by atoms with Gasteiger partial charge in [0, 0.05) is 31.8 Å². The van der Waals surface area contributed by atoms with Gasteiger partial charge in [0.05, 0.1) is 19.0 Å². The second-order valence-electron chi connectivity index (χ2n) is 4.72. The van der Waals surface area contributed by atoms with Crippen molar-refractivity contribution < 1.29 is 13.9 Å². The van der Waals surface area contributed by atoms with Crippen molar-refractivity contribution in [3.63, 3.8) is 0 Å². The number of furan rings is 1. The first kappa shape index (κ1) is 14.4. The van der Waals surface area contributed by atoms with Gasteiger partial charge in [-0.05, 0) is 25.0 Å². The van der Waals surface area contributed by atoms with Crippen molar-refractivity contribution in [2.45, 2.75) is 31.8 Å². The van der Waals surface area contributed by atoms with Gasteiger partial charge in [-0.15, -0.1) is 11.6 Å². The maximum Gasteiger partial charge on any atom is 0.223 e. The van der Waals surface area contributed by atoms with Gasteiger partial charge in [0.1, 0.15) is 5.76 Å². The van der Waals surface area contributed by atoms with Crippen LogP contribution in [0.3, 0.4) is 0 Å². The third-order valence-corrected chi connectivity index (χ3v) is 3.55. The number of nitrogens with zero attached hydrogens (tertiary/aromatic N) is 1.